The highest BCUT2D eigenvalue weighted by molar-refractivity contribution is 8.49. The van der Waals surface area contributed by atoms with Gasteiger partial charge in [0, 0.05) is 4.90 Å². The first kappa shape index (κ1) is 18.9. The molecule has 4 nitrogen and oxygen atoms in total. The van der Waals surface area contributed by atoms with E-state index in [2.05, 4.69) is 0 Å². The highest BCUT2D eigenvalue weighted by Gasteiger charge is 2.37. The average molecular weight is 429 g/mol. The normalized spacial score (nSPS) is 15.9. The molecule has 0 bridgehead atoms. The van der Waals surface area contributed by atoms with Crippen LogP contribution in [0.4, 0.5) is 0 Å². The second kappa shape index (κ2) is 7.16. The Balaban J connectivity index is 2.08. The predicted octanol–water partition coefficient (Wildman–Crippen LogP) is 4.33. The zero-order chi connectivity index (χ0) is 19.8. The van der Waals surface area contributed by atoms with Gasteiger partial charge in [-0.05, 0) is 47.4 Å². The predicted molar refractivity (Wildman–Crippen MR) is 114 cm³/mol. The first-order chi connectivity index (χ1) is 13.4. The minimum Gasteiger partial charge on any atom is -0.217 e. The Labute approximate surface area is 166 Å². The van der Waals surface area contributed by atoms with Gasteiger partial charge in [-0.1, -0.05) is 65.1 Å². The summed E-state index contributed by atoms with van der Waals surface area (Å²) in [7, 11) is -9.71. The molecule has 0 saturated heterocycles. The molecule has 1 atom stereocenters. The zero-order valence-corrected chi connectivity index (χ0v) is 17.0. The fourth-order valence-electron chi connectivity index (χ4n) is 2.95. The molecule has 0 saturated carbocycles. The number of sulfone groups is 2. The second-order valence-electron chi connectivity index (χ2n) is 6.06. The fraction of sp³-hybridized carbons (Fsp3) is 0. The first-order valence-electron chi connectivity index (χ1n) is 8.40. The van der Waals surface area contributed by atoms with E-state index in [9.17, 15) is 16.8 Å². The molecule has 0 aromatic heterocycles. The van der Waals surface area contributed by atoms with Crippen molar-refractivity contribution < 1.29 is 16.8 Å². The van der Waals surface area contributed by atoms with Crippen LogP contribution in [0.15, 0.2) is 105 Å². The summed E-state index contributed by atoms with van der Waals surface area (Å²) in [6, 6.07) is 22.7. The lowest BCUT2D eigenvalue weighted by molar-refractivity contribution is 0.603. The number of hydrogen-bond donors (Lipinski definition) is 0. The van der Waals surface area contributed by atoms with E-state index in [1.165, 1.54) is 24.3 Å². The average Bonchev–Trinajstić information content (AvgIpc) is 3.13. The molecule has 0 N–H and O–H groups in total. The number of rotatable bonds is 2. The number of fused-ring (bicyclic) bond motifs is 1. The van der Waals surface area contributed by atoms with Gasteiger partial charge in [-0.2, -0.15) is 0 Å². The number of benzene rings is 3. The minimum atomic E-state index is -4.24. The largest absolute Gasteiger partial charge is 0.223 e. The van der Waals surface area contributed by atoms with Gasteiger partial charge in [-0.3, -0.25) is 0 Å². The molecule has 0 spiro atoms. The van der Waals surface area contributed by atoms with Crippen molar-refractivity contribution >= 4 is 39.8 Å². The topological polar surface area (TPSA) is 68.3 Å². The maximum absolute atomic E-state index is 13.5. The summed E-state index contributed by atoms with van der Waals surface area (Å²) in [6.45, 7) is 0. The highest BCUT2D eigenvalue weighted by Crippen LogP contribution is 2.43. The Kier molecular flexibility index (Phi) is 4.82. The molecule has 142 valence electrons. The monoisotopic (exact) mass is 428 g/mol. The van der Waals surface area contributed by atoms with Crippen molar-refractivity contribution in [3.05, 3.63) is 95.9 Å². The van der Waals surface area contributed by atoms with Crippen LogP contribution < -0.4 is 0 Å². The fourth-order valence-corrected chi connectivity index (χ4v) is 10.8. The van der Waals surface area contributed by atoms with E-state index in [-0.39, 0.29) is 9.79 Å². The van der Waals surface area contributed by atoms with Crippen molar-refractivity contribution in [1.82, 2.24) is 0 Å². The van der Waals surface area contributed by atoms with E-state index in [1.54, 1.807) is 60.0 Å². The van der Waals surface area contributed by atoms with Crippen molar-refractivity contribution in [1.29, 1.82) is 0 Å². The van der Waals surface area contributed by atoms with Crippen LogP contribution in [0.25, 0.3) is 6.08 Å². The quantitative estimate of drug-likeness (QED) is 0.570. The van der Waals surface area contributed by atoms with Crippen molar-refractivity contribution in [2.45, 2.75) is 14.7 Å². The van der Waals surface area contributed by atoms with Crippen LogP contribution in [0.1, 0.15) is 5.56 Å². The van der Waals surface area contributed by atoms with E-state index in [4.69, 9.17) is 0 Å². The van der Waals surface area contributed by atoms with Gasteiger partial charge in [-0.25, -0.2) is 16.8 Å². The van der Waals surface area contributed by atoms with E-state index >= 15 is 0 Å². The van der Waals surface area contributed by atoms with Gasteiger partial charge >= 0.3 is 0 Å². The molecule has 1 heterocycles. The molecule has 7 heteroatoms. The lowest BCUT2D eigenvalue weighted by Crippen LogP contribution is -2.25. The Morgan fingerprint density at radius 3 is 1.61 bits per heavy atom. The van der Waals surface area contributed by atoms with Gasteiger partial charge in [0.1, 0.15) is 0 Å². The molecule has 0 aliphatic carbocycles. The van der Waals surface area contributed by atoms with Gasteiger partial charge in [0.15, 0.2) is 0 Å². The smallest absolute Gasteiger partial charge is 0.217 e. The summed E-state index contributed by atoms with van der Waals surface area (Å²) < 4.78 is 53.5. The van der Waals surface area contributed by atoms with E-state index in [1.807, 2.05) is 12.1 Å². The molecule has 4 rings (SSSR count). The third kappa shape index (κ3) is 3.15. The maximum atomic E-state index is 13.5. The molecule has 28 heavy (non-hydrogen) atoms. The van der Waals surface area contributed by atoms with Gasteiger partial charge < -0.3 is 0 Å². The molecule has 0 amide bonds. The SMILES string of the molecule is O=S(=O)(C(=S1C=Cc2ccccc21)S(=O)(=O)c1ccccc1)c1ccccc1. The van der Waals surface area contributed by atoms with Gasteiger partial charge in [0.2, 0.25) is 23.2 Å². The van der Waals surface area contributed by atoms with Crippen LogP contribution in [-0.4, -0.2) is 20.4 Å². The summed E-state index contributed by atoms with van der Waals surface area (Å²) in [4.78, 5) is 0.626. The molecular weight excluding hydrogens is 412 g/mol. The molecule has 1 unspecified atom stereocenters. The van der Waals surface area contributed by atoms with Crippen molar-refractivity contribution in [3.8, 4) is 0 Å². The van der Waals surface area contributed by atoms with E-state index in [0.29, 0.717) is 4.90 Å². The van der Waals surface area contributed by atoms with Crippen LogP contribution in [0.5, 0.6) is 0 Å². The highest BCUT2D eigenvalue weighted by atomic mass is 32.3. The Morgan fingerprint density at radius 1 is 0.607 bits per heavy atom. The van der Waals surface area contributed by atoms with Crippen LogP contribution in [0.2, 0.25) is 0 Å². The molecule has 1 aliphatic heterocycles. The van der Waals surface area contributed by atoms with Gasteiger partial charge in [0.25, 0.3) is 0 Å². The summed E-state index contributed by atoms with van der Waals surface area (Å²) >= 11 is 0. The van der Waals surface area contributed by atoms with Crippen LogP contribution >= 0.6 is 10.5 Å². The first-order valence-corrected chi connectivity index (χ1v) is 12.7. The van der Waals surface area contributed by atoms with Gasteiger partial charge in [0.05, 0.1) is 9.79 Å². The van der Waals surface area contributed by atoms with Crippen molar-refractivity contribution in [2.75, 3.05) is 0 Å². The summed E-state index contributed by atoms with van der Waals surface area (Å²) in [5, 5.41) is 1.67. The molecule has 0 radical (unpaired) electrons. The van der Waals surface area contributed by atoms with E-state index in [0.717, 1.165) is 5.56 Å². The lowest BCUT2D eigenvalue weighted by atomic mass is 10.2. The van der Waals surface area contributed by atoms with Crippen molar-refractivity contribution in [2.24, 2.45) is 0 Å². The van der Waals surface area contributed by atoms with Gasteiger partial charge in [-0.15, -0.1) is 0 Å². The molecule has 0 fully saturated rings. The molecule has 3 aromatic carbocycles. The maximum Gasteiger partial charge on any atom is 0.223 e. The zero-order valence-electron chi connectivity index (χ0n) is 14.6. The Bertz CT molecular complexity index is 1230. The molecule has 1 aliphatic rings. The van der Waals surface area contributed by atoms with Crippen molar-refractivity contribution in [3.63, 3.8) is 0 Å². The second-order valence-corrected chi connectivity index (χ2v) is 12.4. The van der Waals surface area contributed by atoms with Crippen LogP contribution in [-0.2, 0) is 19.7 Å². The third-order valence-corrected chi connectivity index (χ3v) is 12.3. The third-order valence-electron chi connectivity index (χ3n) is 4.27. The lowest BCUT2D eigenvalue weighted by Gasteiger charge is -2.15. The van der Waals surface area contributed by atoms with Crippen LogP contribution in [0.3, 0.4) is 0 Å². The minimum absolute atomic E-state index is 0.0326. The Hall–Kier alpha value is -2.48. The molecule has 3 aromatic rings. The number of hydrogen-bond acceptors (Lipinski definition) is 4. The van der Waals surface area contributed by atoms with Crippen LogP contribution in [0, 0.1) is 0 Å². The Morgan fingerprint density at radius 2 is 1.07 bits per heavy atom. The molecular formula is C21H16O4S3. The summed E-state index contributed by atoms with van der Waals surface area (Å²) in [5.41, 5.74) is 0.829. The van der Waals surface area contributed by atoms with E-state index < -0.39 is 33.7 Å². The summed E-state index contributed by atoms with van der Waals surface area (Å²) in [5.74, 6) is 0. The summed E-state index contributed by atoms with van der Waals surface area (Å²) in [6.07, 6.45) is 1.78. The standard InChI is InChI=1S/C21H16O4S3/c22-27(23,18-10-3-1-4-11-18)21(28(24,25)19-12-5-2-6-13-19)26-16-15-17-9-7-8-14-20(17)26/h1-16H.